The number of rotatable bonds is 5. The van der Waals surface area contributed by atoms with Crippen LogP contribution in [0.5, 0.6) is 0 Å². The van der Waals surface area contributed by atoms with Crippen molar-refractivity contribution in [2.24, 2.45) is 0 Å². The summed E-state index contributed by atoms with van der Waals surface area (Å²) in [6.45, 7) is 8.07. The zero-order valence-electron chi connectivity index (χ0n) is 12.3. The van der Waals surface area contributed by atoms with E-state index in [0.717, 1.165) is 17.1 Å². The molecule has 1 N–H and O–H groups in total. The van der Waals surface area contributed by atoms with Crippen molar-refractivity contribution < 1.29 is 4.79 Å². The van der Waals surface area contributed by atoms with Crippen molar-refractivity contribution in [3.05, 3.63) is 34.0 Å². The molecule has 0 saturated heterocycles. The van der Waals surface area contributed by atoms with Crippen LogP contribution in [0.2, 0.25) is 0 Å². The van der Waals surface area contributed by atoms with Crippen LogP contribution in [0.15, 0.2) is 17.8 Å². The van der Waals surface area contributed by atoms with Crippen molar-refractivity contribution in [1.29, 1.82) is 0 Å². The van der Waals surface area contributed by atoms with Crippen LogP contribution in [-0.4, -0.2) is 20.7 Å². The molecule has 0 aliphatic carbocycles. The average molecular weight is 292 g/mol. The van der Waals surface area contributed by atoms with Crippen LogP contribution in [-0.2, 0) is 0 Å². The van der Waals surface area contributed by atoms with Gasteiger partial charge in [-0.05, 0) is 27.2 Å². The summed E-state index contributed by atoms with van der Waals surface area (Å²) in [5.41, 5.74) is 1.54. The van der Waals surface area contributed by atoms with E-state index in [0.29, 0.717) is 11.6 Å². The maximum atomic E-state index is 12.3. The molecule has 0 radical (unpaired) electrons. The van der Waals surface area contributed by atoms with Gasteiger partial charge in [0.25, 0.3) is 5.91 Å². The first-order valence-corrected chi connectivity index (χ1v) is 7.66. The lowest BCUT2D eigenvalue weighted by Crippen LogP contribution is -2.27. The Bertz CT molecular complexity index is 576. The Morgan fingerprint density at radius 3 is 2.85 bits per heavy atom. The van der Waals surface area contributed by atoms with Gasteiger partial charge in [0.2, 0.25) is 0 Å². The summed E-state index contributed by atoms with van der Waals surface area (Å²) < 4.78 is 1.91. The molecule has 1 amide bonds. The number of nitrogens with one attached hydrogen (secondary N) is 1. The van der Waals surface area contributed by atoms with E-state index in [1.54, 1.807) is 12.4 Å². The first kappa shape index (κ1) is 14.7. The van der Waals surface area contributed by atoms with Gasteiger partial charge in [-0.3, -0.25) is 9.48 Å². The fourth-order valence-electron chi connectivity index (χ4n) is 2.05. The van der Waals surface area contributed by atoms with E-state index in [1.807, 2.05) is 23.9 Å². The molecule has 2 heterocycles. The average Bonchev–Trinajstić information content (AvgIpc) is 3.06. The zero-order valence-corrected chi connectivity index (χ0v) is 13.1. The molecule has 0 spiro atoms. The van der Waals surface area contributed by atoms with Crippen LogP contribution in [0.25, 0.3) is 0 Å². The molecule has 2 aromatic heterocycles. The van der Waals surface area contributed by atoms with Gasteiger partial charge in [0.05, 0.1) is 17.8 Å². The zero-order chi connectivity index (χ0) is 14.7. The molecule has 0 aliphatic rings. The fraction of sp³-hybridized carbons (Fsp3) is 0.500. The number of carbonyl (C=O) groups is 1. The minimum atomic E-state index is -0.0975. The monoisotopic (exact) mass is 292 g/mol. The van der Waals surface area contributed by atoms with Crippen molar-refractivity contribution in [1.82, 2.24) is 20.1 Å². The van der Waals surface area contributed by atoms with Crippen molar-refractivity contribution in [2.75, 3.05) is 0 Å². The van der Waals surface area contributed by atoms with Crippen LogP contribution in [0.3, 0.4) is 0 Å². The quantitative estimate of drug-likeness (QED) is 0.921. The van der Waals surface area contributed by atoms with Gasteiger partial charge in [-0.1, -0.05) is 6.92 Å². The number of hydrogen-bond donors (Lipinski definition) is 1. The standard InChI is InChI=1S/C14H20N4OS/c1-5-9(2)18-11(4)12(8-16-18)13(19)17-10(3)14-15-6-7-20-14/h6-10H,5H2,1-4H3,(H,17,19). The highest BCUT2D eigenvalue weighted by atomic mass is 32.1. The van der Waals surface area contributed by atoms with E-state index in [2.05, 4.69) is 29.2 Å². The number of nitrogens with zero attached hydrogens (tertiary/aromatic N) is 3. The molecule has 5 nitrogen and oxygen atoms in total. The third kappa shape index (κ3) is 2.90. The minimum Gasteiger partial charge on any atom is -0.343 e. The largest absolute Gasteiger partial charge is 0.343 e. The molecule has 6 heteroatoms. The summed E-state index contributed by atoms with van der Waals surface area (Å²) >= 11 is 1.54. The number of thiazole rings is 1. The maximum Gasteiger partial charge on any atom is 0.255 e. The Morgan fingerprint density at radius 1 is 1.50 bits per heavy atom. The summed E-state index contributed by atoms with van der Waals surface area (Å²) in [4.78, 5) is 16.5. The molecule has 2 rings (SSSR count). The van der Waals surface area contributed by atoms with E-state index >= 15 is 0 Å². The van der Waals surface area contributed by atoms with Gasteiger partial charge in [0.1, 0.15) is 5.01 Å². The lowest BCUT2D eigenvalue weighted by atomic mass is 10.2. The third-order valence-electron chi connectivity index (χ3n) is 3.47. The molecule has 2 atom stereocenters. The van der Waals surface area contributed by atoms with E-state index in [9.17, 15) is 4.79 Å². The summed E-state index contributed by atoms with van der Waals surface area (Å²) in [5.74, 6) is -0.0975. The summed E-state index contributed by atoms with van der Waals surface area (Å²) in [6, 6.07) is 0.210. The second-order valence-corrected chi connectivity index (χ2v) is 5.84. The van der Waals surface area contributed by atoms with Gasteiger partial charge in [-0.2, -0.15) is 5.10 Å². The molecular weight excluding hydrogens is 272 g/mol. The summed E-state index contributed by atoms with van der Waals surface area (Å²) in [7, 11) is 0. The lowest BCUT2D eigenvalue weighted by Gasteiger charge is -2.13. The smallest absolute Gasteiger partial charge is 0.255 e. The molecule has 2 aromatic rings. The molecule has 20 heavy (non-hydrogen) atoms. The Morgan fingerprint density at radius 2 is 2.25 bits per heavy atom. The van der Waals surface area contributed by atoms with Crippen molar-refractivity contribution in [3.63, 3.8) is 0 Å². The predicted octanol–water partition coefficient (Wildman–Crippen LogP) is 3.11. The van der Waals surface area contributed by atoms with Gasteiger partial charge in [0, 0.05) is 23.3 Å². The van der Waals surface area contributed by atoms with Crippen LogP contribution >= 0.6 is 11.3 Å². The number of amides is 1. The molecule has 0 fully saturated rings. The van der Waals surface area contributed by atoms with Gasteiger partial charge in [-0.15, -0.1) is 11.3 Å². The van der Waals surface area contributed by atoms with E-state index in [4.69, 9.17) is 0 Å². The lowest BCUT2D eigenvalue weighted by molar-refractivity contribution is 0.0939. The molecular formula is C14H20N4OS. The van der Waals surface area contributed by atoms with E-state index < -0.39 is 0 Å². The van der Waals surface area contributed by atoms with Crippen LogP contribution in [0.1, 0.15) is 60.3 Å². The molecule has 0 saturated carbocycles. The Labute approximate surface area is 123 Å². The molecule has 0 aliphatic heterocycles. The van der Waals surface area contributed by atoms with Gasteiger partial charge in [0.15, 0.2) is 0 Å². The normalized spacial score (nSPS) is 14.0. The number of carbonyl (C=O) groups excluding carboxylic acids is 1. The van der Waals surface area contributed by atoms with Crippen LogP contribution < -0.4 is 5.32 Å². The highest BCUT2D eigenvalue weighted by molar-refractivity contribution is 7.09. The first-order chi connectivity index (χ1) is 9.54. The third-order valence-corrected chi connectivity index (χ3v) is 4.43. The topological polar surface area (TPSA) is 59.8 Å². The van der Waals surface area contributed by atoms with E-state index in [1.165, 1.54) is 11.3 Å². The second kappa shape index (κ2) is 6.17. The number of hydrogen-bond acceptors (Lipinski definition) is 4. The highest BCUT2D eigenvalue weighted by Crippen LogP contribution is 2.18. The first-order valence-electron chi connectivity index (χ1n) is 6.79. The Kier molecular flexibility index (Phi) is 4.54. The van der Waals surface area contributed by atoms with Gasteiger partial charge < -0.3 is 5.32 Å². The Hall–Kier alpha value is -1.69. The van der Waals surface area contributed by atoms with E-state index in [-0.39, 0.29) is 11.9 Å². The maximum absolute atomic E-state index is 12.3. The Balaban J connectivity index is 2.12. The van der Waals surface area contributed by atoms with Crippen molar-refractivity contribution >= 4 is 17.2 Å². The molecule has 108 valence electrons. The predicted molar refractivity (Wildman–Crippen MR) is 80.0 cm³/mol. The molecule has 0 bridgehead atoms. The van der Waals surface area contributed by atoms with Crippen LogP contribution in [0.4, 0.5) is 0 Å². The van der Waals surface area contributed by atoms with Gasteiger partial charge >= 0.3 is 0 Å². The minimum absolute atomic E-state index is 0.0890. The van der Waals surface area contributed by atoms with Crippen molar-refractivity contribution in [3.8, 4) is 0 Å². The fourth-order valence-corrected chi connectivity index (χ4v) is 2.69. The number of aromatic nitrogens is 3. The van der Waals surface area contributed by atoms with Crippen molar-refractivity contribution in [2.45, 2.75) is 46.2 Å². The molecule has 2 unspecified atom stereocenters. The summed E-state index contributed by atoms with van der Waals surface area (Å²) in [5, 5.41) is 10.1. The SMILES string of the molecule is CCC(C)n1ncc(C(=O)NC(C)c2nccs2)c1C. The van der Waals surface area contributed by atoms with Gasteiger partial charge in [-0.25, -0.2) is 4.98 Å². The molecule has 0 aromatic carbocycles. The van der Waals surface area contributed by atoms with Crippen LogP contribution in [0, 0.1) is 6.92 Å². The summed E-state index contributed by atoms with van der Waals surface area (Å²) in [6.07, 6.45) is 4.37. The second-order valence-electron chi connectivity index (χ2n) is 4.91. The highest BCUT2D eigenvalue weighted by Gasteiger charge is 2.19.